The molecule has 2 aliphatic heterocycles. The fourth-order valence-electron chi connectivity index (χ4n) is 6.32. The van der Waals surface area contributed by atoms with Crippen LogP contribution in [0.1, 0.15) is 84.1 Å². The van der Waals surface area contributed by atoms with Crippen LogP contribution in [0.25, 0.3) is 0 Å². The molecule has 1 N–H and O–H groups in total. The van der Waals surface area contributed by atoms with Gasteiger partial charge in [-0.1, -0.05) is 23.8 Å². The molecule has 1 amide bonds. The minimum atomic E-state index is 0.0633. The number of carbonyl (C=O) groups excluding carboxylic acids is 1. The van der Waals surface area contributed by atoms with Crippen molar-refractivity contribution in [2.24, 2.45) is 0 Å². The highest BCUT2D eigenvalue weighted by molar-refractivity contribution is 5.94. The van der Waals surface area contributed by atoms with Gasteiger partial charge in [0.25, 0.3) is 5.91 Å². The molecule has 3 unspecified atom stereocenters. The summed E-state index contributed by atoms with van der Waals surface area (Å²) in [6.45, 7) is 10.7. The van der Waals surface area contributed by atoms with Crippen molar-refractivity contribution in [1.82, 2.24) is 15.1 Å². The molecule has 0 radical (unpaired) electrons. The molecule has 2 bridgehead atoms. The number of fused-ring (bicyclic) bond motifs is 2. The van der Waals surface area contributed by atoms with E-state index in [4.69, 9.17) is 4.74 Å². The summed E-state index contributed by atoms with van der Waals surface area (Å²) in [6.07, 6.45) is 6.74. The highest BCUT2D eigenvalue weighted by Gasteiger charge is 2.43. The topological polar surface area (TPSA) is 44.8 Å². The van der Waals surface area contributed by atoms with E-state index in [2.05, 4.69) is 62.1 Å². The van der Waals surface area contributed by atoms with Gasteiger partial charge < -0.3 is 15.0 Å². The van der Waals surface area contributed by atoms with Crippen molar-refractivity contribution in [3.63, 3.8) is 0 Å². The van der Waals surface area contributed by atoms with Crippen molar-refractivity contribution in [3.05, 3.63) is 64.2 Å². The highest BCUT2D eigenvalue weighted by Crippen LogP contribution is 2.43. The van der Waals surface area contributed by atoms with Gasteiger partial charge >= 0.3 is 0 Å². The van der Waals surface area contributed by atoms with E-state index in [1.165, 1.54) is 29.5 Å². The highest BCUT2D eigenvalue weighted by atomic mass is 16.5. The molecule has 36 heavy (non-hydrogen) atoms. The largest absolute Gasteiger partial charge is 0.493 e. The molecule has 0 saturated carbocycles. The van der Waals surface area contributed by atoms with Crippen molar-refractivity contribution in [2.75, 3.05) is 27.2 Å². The number of nitrogens with one attached hydrogen (secondary N) is 1. The third-order valence-corrected chi connectivity index (χ3v) is 8.34. The summed E-state index contributed by atoms with van der Waals surface area (Å²) in [5, 5.41) is 3.34. The standard InChI is InChI=1S/C31H45N3O2/c1-21-10-9-11-25(18-21)31(35)32-26-19-27-12-13-28(20-26)34(27)24(4)29-14-15-30(23(3)22(29)2)36-17-8-7-16-33(5)6/h9-11,14-15,18,24,26-28H,7-8,12-13,16-17,19-20H2,1-6H3,(H,32,35). The molecular weight excluding hydrogens is 446 g/mol. The van der Waals surface area contributed by atoms with E-state index in [0.717, 1.165) is 55.7 Å². The lowest BCUT2D eigenvalue weighted by atomic mass is 9.91. The van der Waals surface area contributed by atoms with Gasteiger partial charge in [-0.3, -0.25) is 9.69 Å². The molecule has 5 heteroatoms. The number of piperidine rings is 1. The summed E-state index contributed by atoms with van der Waals surface area (Å²) in [6, 6.07) is 14.0. The smallest absolute Gasteiger partial charge is 0.251 e. The predicted molar refractivity (Wildman–Crippen MR) is 148 cm³/mol. The number of rotatable bonds is 10. The van der Waals surface area contributed by atoms with E-state index in [1.807, 2.05) is 31.2 Å². The number of carbonyl (C=O) groups is 1. The Bertz CT molecular complexity index is 1040. The normalized spacial score (nSPS) is 22.6. The van der Waals surface area contributed by atoms with Crippen LogP contribution in [-0.4, -0.2) is 61.1 Å². The second kappa shape index (κ2) is 11.8. The number of nitrogens with zero attached hydrogens (tertiary/aromatic N) is 2. The van der Waals surface area contributed by atoms with Crippen LogP contribution in [0.4, 0.5) is 0 Å². The summed E-state index contributed by atoms with van der Waals surface area (Å²) >= 11 is 0. The zero-order valence-corrected chi connectivity index (χ0v) is 23.1. The summed E-state index contributed by atoms with van der Waals surface area (Å²) in [4.78, 5) is 17.8. The van der Waals surface area contributed by atoms with E-state index >= 15 is 0 Å². The Morgan fingerprint density at radius 2 is 1.78 bits per heavy atom. The number of unbranched alkanes of at least 4 members (excludes halogenated alkanes) is 1. The van der Waals surface area contributed by atoms with Crippen molar-refractivity contribution >= 4 is 5.91 Å². The van der Waals surface area contributed by atoms with Gasteiger partial charge in [-0.05, 0) is 122 Å². The summed E-state index contributed by atoms with van der Waals surface area (Å²) in [5.41, 5.74) is 5.91. The van der Waals surface area contributed by atoms with Gasteiger partial charge in [0.1, 0.15) is 5.75 Å². The minimum absolute atomic E-state index is 0.0633. The van der Waals surface area contributed by atoms with Crippen LogP contribution < -0.4 is 10.1 Å². The van der Waals surface area contributed by atoms with Gasteiger partial charge in [0.2, 0.25) is 0 Å². The average molecular weight is 492 g/mol. The number of aryl methyl sites for hydroxylation is 1. The Labute approximate surface area is 218 Å². The minimum Gasteiger partial charge on any atom is -0.493 e. The maximum absolute atomic E-state index is 12.9. The summed E-state index contributed by atoms with van der Waals surface area (Å²) < 4.78 is 6.16. The Hall–Kier alpha value is -2.37. The molecule has 5 nitrogen and oxygen atoms in total. The summed E-state index contributed by atoms with van der Waals surface area (Å²) in [7, 11) is 4.23. The van der Waals surface area contributed by atoms with Crippen LogP contribution in [0.15, 0.2) is 36.4 Å². The van der Waals surface area contributed by atoms with Gasteiger partial charge in [-0.2, -0.15) is 0 Å². The SMILES string of the molecule is Cc1cccc(C(=O)NC2CC3CCC(C2)N3C(C)c2ccc(OCCCCN(C)C)c(C)c2C)c1. The Morgan fingerprint density at radius 1 is 1.06 bits per heavy atom. The molecule has 196 valence electrons. The van der Waals surface area contributed by atoms with Crippen molar-refractivity contribution in [2.45, 2.75) is 90.4 Å². The first-order valence-electron chi connectivity index (χ1n) is 13.8. The number of amides is 1. The molecule has 0 spiro atoms. The predicted octanol–water partition coefficient (Wildman–Crippen LogP) is 5.82. The van der Waals surface area contributed by atoms with E-state index in [9.17, 15) is 4.79 Å². The lowest BCUT2D eigenvalue weighted by Crippen LogP contribution is -2.51. The van der Waals surface area contributed by atoms with Crippen molar-refractivity contribution in [1.29, 1.82) is 0 Å². The van der Waals surface area contributed by atoms with Crippen LogP contribution in [-0.2, 0) is 0 Å². The van der Waals surface area contributed by atoms with E-state index < -0.39 is 0 Å². The van der Waals surface area contributed by atoms with Crippen LogP contribution in [0.2, 0.25) is 0 Å². The summed E-state index contributed by atoms with van der Waals surface area (Å²) in [5.74, 6) is 1.09. The van der Waals surface area contributed by atoms with E-state index in [1.54, 1.807) is 0 Å². The van der Waals surface area contributed by atoms with Gasteiger partial charge in [0.05, 0.1) is 6.61 Å². The third kappa shape index (κ3) is 6.12. The van der Waals surface area contributed by atoms with Gasteiger partial charge in [0.15, 0.2) is 0 Å². The second-order valence-electron chi connectivity index (χ2n) is 11.3. The molecule has 2 aromatic carbocycles. The molecule has 2 aliphatic rings. The number of benzene rings is 2. The van der Waals surface area contributed by atoms with Crippen LogP contribution >= 0.6 is 0 Å². The number of hydrogen-bond acceptors (Lipinski definition) is 4. The molecule has 0 aliphatic carbocycles. The maximum Gasteiger partial charge on any atom is 0.251 e. The van der Waals surface area contributed by atoms with Gasteiger partial charge in [0, 0.05) is 29.7 Å². The third-order valence-electron chi connectivity index (χ3n) is 8.34. The van der Waals surface area contributed by atoms with Crippen molar-refractivity contribution in [3.8, 4) is 5.75 Å². The molecule has 2 aromatic rings. The lowest BCUT2D eigenvalue weighted by molar-refractivity contribution is 0.0689. The Morgan fingerprint density at radius 3 is 2.44 bits per heavy atom. The Kier molecular flexibility index (Phi) is 8.74. The number of ether oxygens (including phenoxy) is 1. The first-order valence-corrected chi connectivity index (χ1v) is 13.8. The molecule has 2 saturated heterocycles. The molecule has 0 aromatic heterocycles. The monoisotopic (exact) mass is 491 g/mol. The molecule has 2 heterocycles. The second-order valence-corrected chi connectivity index (χ2v) is 11.3. The fourth-order valence-corrected chi connectivity index (χ4v) is 6.32. The van der Waals surface area contributed by atoms with Crippen molar-refractivity contribution < 1.29 is 9.53 Å². The fraction of sp³-hybridized carbons (Fsp3) is 0.581. The molecule has 3 atom stereocenters. The quantitative estimate of drug-likeness (QED) is 0.426. The molecule has 4 rings (SSSR count). The zero-order chi connectivity index (χ0) is 25.8. The first kappa shape index (κ1) is 26.7. The maximum atomic E-state index is 12.9. The lowest BCUT2D eigenvalue weighted by Gasteiger charge is -2.43. The van der Waals surface area contributed by atoms with Crippen LogP contribution in [0, 0.1) is 20.8 Å². The average Bonchev–Trinajstić information content (AvgIpc) is 3.11. The first-order chi connectivity index (χ1) is 17.2. The van der Waals surface area contributed by atoms with Crippen LogP contribution in [0.3, 0.4) is 0 Å². The molecule has 2 fully saturated rings. The van der Waals surface area contributed by atoms with Crippen LogP contribution in [0.5, 0.6) is 5.75 Å². The zero-order valence-electron chi connectivity index (χ0n) is 23.1. The van der Waals surface area contributed by atoms with Gasteiger partial charge in [-0.15, -0.1) is 0 Å². The number of hydrogen-bond donors (Lipinski definition) is 1. The molecular formula is C31H45N3O2. The van der Waals surface area contributed by atoms with E-state index in [0.29, 0.717) is 18.1 Å². The van der Waals surface area contributed by atoms with E-state index in [-0.39, 0.29) is 11.9 Å². The Balaban J connectivity index is 1.37. The van der Waals surface area contributed by atoms with Gasteiger partial charge in [-0.25, -0.2) is 0 Å².